The normalized spacial score (nSPS) is 25.7. The Balaban J connectivity index is 2.72. The lowest BCUT2D eigenvalue weighted by Crippen LogP contribution is -2.24. The average Bonchev–Trinajstić information content (AvgIpc) is 2.37. The molecule has 0 saturated heterocycles. The molecule has 1 atom stereocenters. The maximum absolute atomic E-state index is 11.8. The van der Waals surface area contributed by atoms with Crippen molar-refractivity contribution in [2.45, 2.75) is 50.0 Å². The Hall–Kier alpha value is -0.0500. The van der Waals surface area contributed by atoms with E-state index < -0.39 is 9.73 Å². The molecule has 1 rings (SSSR count). The SMILES string of the molecule is CC(C)S(=N)(=O)C1CCCC1. The molecule has 1 aliphatic carbocycles. The fraction of sp³-hybridized carbons (Fsp3) is 1.00. The molecule has 0 aliphatic heterocycles. The third kappa shape index (κ3) is 1.75. The molecular formula is C8H17NOS. The summed E-state index contributed by atoms with van der Waals surface area (Å²) in [4.78, 5) is 0. The molecule has 3 heteroatoms. The van der Waals surface area contributed by atoms with E-state index in [1.54, 1.807) is 0 Å². The summed E-state index contributed by atoms with van der Waals surface area (Å²) >= 11 is 0. The van der Waals surface area contributed by atoms with Crippen LogP contribution in [0.3, 0.4) is 0 Å². The van der Waals surface area contributed by atoms with Crippen LogP contribution in [0.2, 0.25) is 0 Å². The van der Waals surface area contributed by atoms with Gasteiger partial charge in [0.05, 0.1) is 0 Å². The highest BCUT2D eigenvalue weighted by Crippen LogP contribution is 2.27. The predicted octanol–water partition coefficient (Wildman–Crippen LogP) is 2.38. The highest BCUT2D eigenvalue weighted by Gasteiger charge is 2.27. The van der Waals surface area contributed by atoms with Crippen molar-refractivity contribution in [3.05, 3.63) is 0 Å². The molecule has 1 N–H and O–H groups in total. The summed E-state index contributed by atoms with van der Waals surface area (Å²) in [6, 6.07) is 0. The summed E-state index contributed by atoms with van der Waals surface area (Å²) in [5.41, 5.74) is 0. The quantitative estimate of drug-likeness (QED) is 0.687. The molecular weight excluding hydrogens is 158 g/mol. The minimum absolute atomic E-state index is 0.0330. The first-order valence-electron chi connectivity index (χ1n) is 4.31. The molecule has 1 fully saturated rings. The fourth-order valence-electron chi connectivity index (χ4n) is 1.62. The van der Waals surface area contributed by atoms with Gasteiger partial charge < -0.3 is 0 Å². The predicted molar refractivity (Wildman–Crippen MR) is 48.3 cm³/mol. The van der Waals surface area contributed by atoms with E-state index in [0.29, 0.717) is 0 Å². The lowest BCUT2D eigenvalue weighted by Gasteiger charge is -2.17. The maximum atomic E-state index is 11.8. The van der Waals surface area contributed by atoms with Gasteiger partial charge in [-0.2, -0.15) is 0 Å². The van der Waals surface area contributed by atoms with Gasteiger partial charge in [-0.1, -0.05) is 26.7 Å². The lowest BCUT2D eigenvalue weighted by atomic mass is 10.4. The van der Waals surface area contributed by atoms with Crippen LogP contribution in [-0.2, 0) is 9.73 Å². The number of rotatable bonds is 2. The number of hydrogen-bond acceptors (Lipinski definition) is 2. The molecule has 0 aromatic heterocycles. The summed E-state index contributed by atoms with van der Waals surface area (Å²) in [5.74, 6) is 0. The molecule has 1 aliphatic rings. The van der Waals surface area contributed by atoms with Gasteiger partial charge in [0.2, 0.25) is 0 Å². The first kappa shape index (κ1) is 9.04. The van der Waals surface area contributed by atoms with Crippen LogP contribution in [0.15, 0.2) is 0 Å². The molecule has 2 nitrogen and oxygen atoms in total. The van der Waals surface area contributed by atoms with Crippen LogP contribution in [-0.4, -0.2) is 14.7 Å². The summed E-state index contributed by atoms with van der Waals surface area (Å²) in [6.45, 7) is 3.79. The second-order valence-electron chi connectivity index (χ2n) is 3.60. The van der Waals surface area contributed by atoms with Gasteiger partial charge in [0.25, 0.3) is 0 Å². The number of hydrogen-bond donors (Lipinski definition) is 1. The summed E-state index contributed by atoms with van der Waals surface area (Å²) < 4.78 is 19.5. The topological polar surface area (TPSA) is 40.9 Å². The van der Waals surface area contributed by atoms with Crippen LogP contribution in [0.1, 0.15) is 39.5 Å². The fourth-order valence-corrected chi connectivity index (χ4v) is 3.43. The van der Waals surface area contributed by atoms with Gasteiger partial charge in [-0.3, -0.25) is 4.78 Å². The van der Waals surface area contributed by atoms with Crippen LogP contribution in [0, 0.1) is 4.78 Å². The summed E-state index contributed by atoms with van der Waals surface area (Å²) in [6.07, 6.45) is 4.38. The average molecular weight is 175 g/mol. The number of nitrogens with one attached hydrogen (secondary N) is 1. The van der Waals surface area contributed by atoms with E-state index in [4.69, 9.17) is 4.78 Å². The molecule has 0 aromatic rings. The Kier molecular flexibility index (Phi) is 2.58. The monoisotopic (exact) mass is 175 g/mol. The van der Waals surface area contributed by atoms with Gasteiger partial charge in [0.15, 0.2) is 0 Å². The van der Waals surface area contributed by atoms with Crippen molar-refractivity contribution in [2.24, 2.45) is 0 Å². The van der Waals surface area contributed by atoms with Crippen molar-refractivity contribution in [1.29, 1.82) is 4.78 Å². The molecule has 0 bridgehead atoms. The molecule has 66 valence electrons. The van der Waals surface area contributed by atoms with Crippen molar-refractivity contribution >= 4 is 9.73 Å². The van der Waals surface area contributed by atoms with Crippen molar-refractivity contribution in [3.63, 3.8) is 0 Å². The highest BCUT2D eigenvalue weighted by molar-refractivity contribution is 7.93. The van der Waals surface area contributed by atoms with Gasteiger partial charge in [-0.15, -0.1) is 0 Å². The van der Waals surface area contributed by atoms with E-state index in [1.165, 1.54) is 12.8 Å². The molecule has 1 unspecified atom stereocenters. The molecule has 0 amide bonds. The molecule has 0 spiro atoms. The van der Waals surface area contributed by atoms with Crippen LogP contribution in [0.4, 0.5) is 0 Å². The van der Waals surface area contributed by atoms with Gasteiger partial charge in [-0.05, 0) is 12.8 Å². The zero-order valence-corrected chi connectivity index (χ0v) is 8.12. The van der Waals surface area contributed by atoms with Gasteiger partial charge in [-0.25, -0.2) is 4.21 Å². The van der Waals surface area contributed by atoms with Gasteiger partial charge >= 0.3 is 0 Å². The van der Waals surface area contributed by atoms with E-state index in [2.05, 4.69) is 0 Å². The van der Waals surface area contributed by atoms with Crippen LogP contribution in [0.25, 0.3) is 0 Å². The first-order valence-corrected chi connectivity index (χ1v) is 6.00. The third-order valence-electron chi connectivity index (χ3n) is 2.50. The Morgan fingerprint density at radius 3 is 2.18 bits per heavy atom. The van der Waals surface area contributed by atoms with Crippen LogP contribution < -0.4 is 0 Å². The van der Waals surface area contributed by atoms with Crippen molar-refractivity contribution in [3.8, 4) is 0 Å². The zero-order valence-electron chi connectivity index (χ0n) is 7.30. The molecule has 11 heavy (non-hydrogen) atoms. The van der Waals surface area contributed by atoms with E-state index in [0.717, 1.165) is 12.8 Å². The lowest BCUT2D eigenvalue weighted by molar-refractivity contribution is 0.651. The largest absolute Gasteiger partial charge is 0.252 e. The first-order chi connectivity index (χ1) is 5.05. The Morgan fingerprint density at radius 1 is 1.36 bits per heavy atom. The smallest absolute Gasteiger partial charge is 0.0494 e. The minimum atomic E-state index is -2.28. The van der Waals surface area contributed by atoms with Crippen molar-refractivity contribution in [1.82, 2.24) is 0 Å². The van der Waals surface area contributed by atoms with Crippen LogP contribution >= 0.6 is 0 Å². The zero-order chi connectivity index (χ0) is 8.48. The second-order valence-corrected chi connectivity index (χ2v) is 6.51. The highest BCUT2D eigenvalue weighted by atomic mass is 32.2. The van der Waals surface area contributed by atoms with E-state index >= 15 is 0 Å². The van der Waals surface area contributed by atoms with Crippen molar-refractivity contribution < 1.29 is 4.21 Å². The van der Waals surface area contributed by atoms with E-state index in [1.807, 2.05) is 13.8 Å². The minimum Gasteiger partial charge on any atom is -0.252 e. The Bertz CT molecular complexity index is 212. The Morgan fingerprint density at radius 2 is 1.82 bits per heavy atom. The van der Waals surface area contributed by atoms with Gasteiger partial charge in [0, 0.05) is 20.2 Å². The van der Waals surface area contributed by atoms with E-state index in [-0.39, 0.29) is 10.5 Å². The molecule has 0 aromatic carbocycles. The Labute approximate surface area is 69.4 Å². The third-order valence-corrected chi connectivity index (χ3v) is 5.36. The molecule has 0 heterocycles. The molecule has 1 saturated carbocycles. The maximum Gasteiger partial charge on any atom is 0.0494 e. The van der Waals surface area contributed by atoms with Crippen molar-refractivity contribution in [2.75, 3.05) is 0 Å². The van der Waals surface area contributed by atoms with E-state index in [9.17, 15) is 4.21 Å². The summed E-state index contributed by atoms with van der Waals surface area (Å²) in [5, 5.41) is 0.230. The standard InChI is InChI=1S/C8H17NOS/c1-7(2)11(9,10)8-5-3-4-6-8/h7-9H,3-6H2,1-2H3. The molecule has 0 radical (unpaired) electrons. The van der Waals surface area contributed by atoms with Crippen LogP contribution in [0.5, 0.6) is 0 Å². The second kappa shape index (κ2) is 3.13. The van der Waals surface area contributed by atoms with Gasteiger partial charge in [0.1, 0.15) is 0 Å². The summed E-state index contributed by atoms with van der Waals surface area (Å²) in [7, 11) is -2.28.